The van der Waals surface area contributed by atoms with Gasteiger partial charge in [-0.3, -0.25) is 19.2 Å². The highest BCUT2D eigenvalue weighted by atomic mass is 32.1. The van der Waals surface area contributed by atoms with Gasteiger partial charge in [0.25, 0.3) is 0 Å². The fourth-order valence-electron chi connectivity index (χ4n) is 2.71. The zero-order valence-corrected chi connectivity index (χ0v) is 19.1. The van der Waals surface area contributed by atoms with Gasteiger partial charge in [-0.25, -0.2) is 4.79 Å². The monoisotopic (exact) mass is 462 g/mol. The summed E-state index contributed by atoms with van der Waals surface area (Å²) in [5.74, 6) is -5.03. The van der Waals surface area contributed by atoms with E-state index >= 15 is 0 Å². The molecule has 178 valence electrons. The van der Waals surface area contributed by atoms with Gasteiger partial charge in [-0.05, 0) is 24.7 Å². The Morgan fingerprint density at radius 3 is 1.65 bits per heavy atom. The van der Waals surface area contributed by atoms with E-state index in [9.17, 15) is 24.0 Å². The summed E-state index contributed by atoms with van der Waals surface area (Å²) in [7, 11) is 0. The van der Waals surface area contributed by atoms with Crippen molar-refractivity contribution >= 4 is 42.3 Å². The van der Waals surface area contributed by atoms with Crippen molar-refractivity contribution in [2.24, 2.45) is 17.6 Å². The minimum Gasteiger partial charge on any atom is -0.481 e. The van der Waals surface area contributed by atoms with Crippen molar-refractivity contribution < 1.29 is 34.2 Å². The lowest BCUT2D eigenvalue weighted by Crippen LogP contribution is -2.58. The second kappa shape index (κ2) is 13.9. The minimum atomic E-state index is -1.45. The molecule has 0 aliphatic rings. The van der Waals surface area contributed by atoms with Gasteiger partial charge >= 0.3 is 11.9 Å². The van der Waals surface area contributed by atoms with Crippen LogP contribution in [0.5, 0.6) is 0 Å². The molecule has 31 heavy (non-hydrogen) atoms. The molecule has 0 aromatic carbocycles. The van der Waals surface area contributed by atoms with Crippen molar-refractivity contribution in [3.05, 3.63) is 0 Å². The van der Waals surface area contributed by atoms with Crippen LogP contribution in [-0.2, 0) is 24.0 Å². The summed E-state index contributed by atoms with van der Waals surface area (Å²) >= 11 is 3.88. The lowest BCUT2D eigenvalue weighted by atomic mass is 10.0. The van der Waals surface area contributed by atoms with Crippen molar-refractivity contribution in [2.45, 2.75) is 71.1 Å². The van der Waals surface area contributed by atoms with Crippen molar-refractivity contribution in [1.29, 1.82) is 0 Å². The van der Waals surface area contributed by atoms with Gasteiger partial charge in [0.15, 0.2) is 0 Å². The summed E-state index contributed by atoms with van der Waals surface area (Å²) in [5, 5.41) is 25.2. The van der Waals surface area contributed by atoms with Gasteiger partial charge in [0.1, 0.15) is 18.1 Å². The number of amides is 3. The van der Waals surface area contributed by atoms with Gasteiger partial charge in [0.2, 0.25) is 17.7 Å². The van der Waals surface area contributed by atoms with Crippen LogP contribution in [0.4, 0.5) is 0 Å². The molecule has 0 aromatic heterocycles. The first-order chi connectivity index (χ1) is 14.3. The summed E-state index contributed by atoms with van der Waals surface area (Å²) in [4.78, 5) is 59.8. The molecule has 4 unspecified atom stereocenters. The smallest absolute Gasteiger partial charge is 0.327 e. The zero-order chi connectivity index (χ0) is 24.3. The topological polar surface area (TPSA) is 188 Å². The van der Waals surface area contributed by atoms with Crippen LogP contribution >= 0.6 is 12.6 Å². The molecule has 0 saturated carbocycles. The van der Waals surface area contributed by atoms with Crippen LogP contribution in [0.2, 0.25) is 0 Å². The number of hydrogen-bond donors (Lipinski definition) is 7. The summed E-state index contributed by atoms with van der Waals surface area (Å²) in [5.41, 5.74) is 5.79. The fourth-order valence-corrected chi connectivity index (χ4v) is 2.96. The van der Waals surface area contributed by atoms with Gasteiger partial charge in [-0.1, -0.05) is 27.7 Å². The van der Waals surface area contributed by atoms with Gasteiger partial charge in [0.05, 0.1) is 12.5 Å². The standard InChI is InChI=1S/C19H34N4O7S/c1-9(2)5-11(20)16(26)21-13(7-15(24)25)18(28)22-12(6-10(3)4)17(27)23-14(8-31)19(29)30/h9-14,31H,5-8,20H2,1-4H3,(H,21,26)(H,22,28)(H,23,27)(H,24,25)(H,29,30). The molecule has 0 radical (unpaired) electrons. The number of nitrogens with one attached hydrogen (secondary N) is 3. The van der Waals surface area contributed by atoms with Crippen LogP contribution in [0.15, 0.2) is 0 Å². The predicted octanol–water partition coefficient (Wildman–Crippen LogP) is -0.651. The zero-order valence-electron chi connectivity index (χ0n) is 18.3. The molecule has 0 rings (SSSR count). The first-order valence-electron chi connectivity index (χ1n) is 10.0. The van der Waals surface area contributed by atoms with Gasteiger partial charge in [0, 0.05) is 5.75 Å². The second-order valence-electron chi connectivity index (χ2n) is 8.17. The Morgan fingerprint density at radius 2 is 1.23 bits per heavy atom. The maximum atomic E-state index is 12.7. The first-order valence-corrected chi connectivity index (χ1v) is 10.6. The molecule has 7 N–H and O–H groups in total. The average Bonchev–Trinajstić information content (AvgIpc) is 2.62. The molecule has 11 nitrogen and oxygen atoms in total. The van der Waals surface area contributed by atoms with Crippen LogP contribution in [0, 0.1) is 11.8 Å². The number of hydrogen-bond acceptors (Lipinski definition) is 7. The predicted molar refractivity (Wildman–Crippen MR) is 116 cm³/mol. The minimum absolute atomic E-state index is 0.0534. The van der Waals surface area contributed by atoms with Crippen LogP contribution < -0.4 is 21.7 Å². The number of carbonyl (C=O) groups excluding carboxylic acids is 3. The van der Waals surface area contributed by atoms with Gasteiger partial charge in [-0.2, -0.15) is 12.6 Å². The lowest BCUT2D eigenvalue weighted by Gasteiger charge is -2.25. The Hall–Kier alpha value is -2.34. The number of aliphatic carboxylic acids is 2. The first kappa shape index (κ1) is 28.7. The maximum absolute atomic E-state index is 12.7. The molecule has 0 aromatic rings. The number of carboxylic acids is 2. The summed E-state index contributed by atoms with van der Waals surface area (Å²) < 4.78 is 0. The quantitative estimate of drug-likeness (QED) is 0.166. The number of nitrogens with two attached hydrogens (primary N) is 1. The number of thiol groups is 1. The van der Waals surface area contributed by atoms with Crippen LogP contribution in [-0.4, -0.2) is 69.8 Å². The number of carboxylic acid groups (broad SMARTS) is 2. The van der Waals surface area contributed by atoms with Crippen LogP contribution in [0.25, 0.3) is 0 Å². The number of carbonyl (C=O) groups is 5. The molecule has 0 heterocycles. The highest BCUT2D eigenvalue weighted by molar-refractivity contribution is 7.80. The van der Waals surface area contributed by atoms with Crippen molar-refractivity contribution in [3.8, 4) is 0 Å². The SMILES string of the molecule is CC(C)CC(N)C(=O)NC(CC(=O)O)C(=O)NC(CC(C)C)C(=O)NC(CS)C(=O)O. The molecule has 0 spiro atoms. The van der Waals surface area contributed by atoms with Crippen molar-refractivity contribution in [3.63, 3.8) is 0 Å². The van der Waals surface area contributed by atoms with Crippen molar-refractivity contribution in [1.82, 2.24) is 16.0 Å². The second-order valence-corrected chi connectivity index (χ2v) is 8.53. The summed E-state index contributed by atoms with van der Waals surface area (Å²) in [6.45, 7) is 7.31. The summed E-state index contributed by atoms with van der Waals surface area (Å²) in [6, 6.07) is -4.77. The van der Waals surface area contributed by atoms with E-state index in [2.05, 4.69) is 28.6 Å². The molecule has 3 amide bonds. The third-order valence-electron chi connectivity index (χ3n) is 4.21. The van der Waals surface area contributed by atoms with Crippen LogP contribution in [0.3, 0.4) is 0 Å². The molecule has 0 saturated heterocycles. The maximum Gasteiger partial charge on any atom is 0.327 e. The molecule has 12 heteroatoms. The largest absolute Gasteiger partial charge is 0.481 e. The third-order valence-corrected chi connectivity index (χ3v) is 4.58. The molecule has 0 aliphatic carbocycles. The Kier molecular flexibility index (Phi) is 12.8. The Bertz CT molecular complexity index is 657. The van der Waals surface area contributed by atoms with E-state index in [0.717, 1.165) is 0 Å². The molecular weight excluding hydrogens is 428 g/mol. The highest BCUT2D eigenvalue weighted by Gasteiger charge is 2.31. The van der Waals surface area contributed by atoms with E-state index in [-0.39, 0.29) is 24.0 Å². The third kappa shape index (κ3) is 11.6. The van der Waals surface area contributed by atoms with E-state index in [4.69, 9.17) is 15.9 Å². The van der Waals surface area contributed by atoms with E-state index in [0.29, 0.717) is 6.42 Å². The molecule has 0 aliphatic heterocycles. The van der Waals surface area contributed by atoms with Crippen molar-refractivity contribution in [2.75, 3.05) is 5.75 Å². The normalized spacial score (nSPS) is 15.0. The lowest BCUT2D eigenvalue weighted by molar-refractivity contribution is -0.143. The Labute approximate surface area is 187 Å². The molecular formula is C19H34N4O7S. The Balaban J connectivity index is 5.43. The highest BCUT2D eigenvalue weighted by Crippen LogP contribution is 2.08. The summed E-state index contributed by atoms with van der Waals surface area (Å²) in [6.07, 6.45) is -0.209. The van der Waals surface area contributed by atoms with E-state index in [1.807, 2.05) is 13.8 Å². The molecule has 0 bridgehead atoms. The van der Waals surface area contributed by atoms with Gasteiger partial charge in [-0.15, -0.1) is 0 Å². The molecule has 4 atom stereocenters. The van der Waals surface area contributed by atoms with E-state index in [1.165, 1.54) is 0 Å². The van der Waals surface area contributed by atoms with Crippen LogP contribution in [0.1, 0.15) is 47.0 Å². The van der Waals surface area contributed by atoms with E-state index < -0.39 is 60.2 Å². The van der Waals surface area contributed by atoms with Gasteiger partial charge < -0.3 is 31.9 Å². The average molecular weight is 463 g/mol. The fraction of sp³-hybridized carbons (Fsp3) is 0.737. The number of rotatable bonds is 14. The molecule has 0 fully saturated rings. The van der Waals surface area contributed by atoms with E-state index in [1.54, 1.807) is 13.8 Å². The Morgan fingerprint density at radius 1 is 0.774 bits per heavy atom.